The average molecular weight is 252 g/mol. The van der Waals surface area contributed by atoms with Crippen molar-refractivity contribution in [1.82, 2.24) is 4.90 Å². The first kappa shape index (κ1) is 14.2. The molecule has 0 unspecified atom stereocenters. The van der Waals surface area contributed by atoms with E-state index in [1.165, 1.54) is 12.1 Å². The molecule has 1 aromatic rings. The van der Waals surface area contributed by atoms with E-state index in [1.807, 2.05) is 14.1 Å². The molecule has 0 aliphatic heterocycles. The lowest BCUT2D eigenvalue weighted by molar-refractivity contribution is -0.384. The van der Waals surface area contributed by atoms with Crippen LogP contribution in [-0.2, 0) is 0 Å². The van der Waals surface area contributed by atoms with Crippen LogP contribution in [0.15, 0.2) is 18.2 Å². The topological polar surface area (TPSA) is 84.4 Å². The Hall–Kier alpha value is -1.82. The molecule has 6 heteroatoms. The number of hydrogen-bond donors (Lipinski definition) is 2. The predicted molar refractivity (Wildman–Crippen MR) is 73.8 cm³/mol. The van der Waals surface area contributed by atoms with Crippen molar-refractivity contribution >= 4 is 17.1 Å². The third-order valence-corrected chi connectivity index (χ3v) is 3.09. The molecule has 0 heterocycles. The molecule has 0 aromatic heterocycles. The monoisotopic (exact) mass is 252 g/mol. The summed E-state index contributed by atoms with van der Waals surface area (Å²) in [7, 11) is 3.98. The number of nitrogens with zero attached hydrogens (tertiary/aromatic N) is 2. The number of benzene rings is 1. The smallest absolute Gasteiger partial charge is 0.273 e. The molecule has 0 radical (unpaired) electrons. The van der Waals surface area contributed by atoms with Crippen LogP contribution in [-0.4, -0.2) is 36.0 Å². The normalized spacial score (nSPS) is 11.6. The standard InChI is InChI=1S/C12H20N4O2/c1-12(2,15(3)4)8-14-10-5-9(13)6-11(7-10)16(17)18/h5-7,14H,8,13H2,1-4H3. The van der Waals surface area contributed by atoms with E-state index in [1.54, 1.807) is 6.07 Å². The lowest BCUT2D eigenvalue weighted by Gasteiger charge is -2.33. The molecule has 6 nitrogen and oxygen atoms in total. The SMILES string of the molecule is CN(C)C(C)(C)CNc1cc(N)cc([N+](=O)[O-])c1. The van der Waals surface area contributed by atoms with Gasteiger partial charge in [-0.2, -0.15) is 0 Å². The Bertz CT molecular complexity index is 444. The third-order valence-electron chi connectivity index (χ3n) is 3.09. The molecule has 18 heavy (non-hydrogen) atoms. The Balaban J connectivity index is 2.83. The second-order valence-corrected chi connectivity index (χ2v) is 5.13. The molecule has 0 amide bonds. The summed E-state index contributed by atoms with van der Waals surface area (Å²) in [6.07, 6.45) is 0. The number of rotatable bonds is 5. The summed E-state index contributed by atoms with van der Waals surface area (Å²) in [5.74, 6) is 0. The fourth-order valence-electron chi connectivity index (χ4n) is 1.32. The predicted octanol–water partition coefficient (Wildman–Crippen LogP) is 1.93. The zero-order chi connectivity index (χ0) is 13.9. The van der Waals surface area contributed by atoms with Crippen molar-refractivity contribution in [2.24, 2.45) is 0 Å². The molecular weight excluding hydrogens is 232 g/mol. The molecule has 0 atom stereocenters. The van der Waals surface area contributed by atoms with Crippen LogP contribution in [0.4, 0.5) is 17.1 Å². The summed E-state index contributed by atoms with van der Waals surface area (Å²) in [6, 6.07) is 4.53. The van der Waals surface area contributed by atoms with Crippen LogP contribution in [0.3, 0.4) is 0 Å². The molecule has 0 aliphatic carbocycles. The van der Waals surface area contributed by atoms with E-state index in [4.69, 9.17) is 5.73 Å². The summed E-state index contributed by atoms with van der Waals surface area (Å²) < 4.78 is 0. The minimum atomic E-state index is -0.446. The van der Waals surface area contributed by atoms with E-state index < -0.39 is 4.92 Å². The quantitative estimate of drug-likeness (QED) is 0.475. The van der Waals surface area contributed by atoms with E-state index >= 15 is 0 Å². The van der Waals surface area contributed by atoms with E-state index in [0.717, 1.165) is 0 Å². The highest BCUT2D eigenvalue weighted by atomic mass is 16.6. The Morgan fingerprint density at radius 2 is 2.00 bits per heavy atom. The first-order valence-electron chi connectivity index (χ1n) is 5.68. The van der Waals surface area contributed by atoms with Gasteiger partial charge in [-0.15, -0.1) is 0 Å². The average Bonchev–Trinajstić information content (AvgIpc) is 2.25. The lowest BCUT2D eigenvalue weighted by atomic mass is 10.0. The maximum atomic E-state index is 10.7. The largest absolute Gasteiger partial charge is 0.398 e. The zero-order valence-corrected chi connectivity index (χ0v) is 11.2. The minimum absolute atomic E-state index is 0.000147. The van der Waals surface area contributed by atoms with Gasteiger partial charge >= 0.3 is 0 Å². The van der Waals surface area contributed by atoms with Gasteiger partial charge in [0.15, 0.2) is 0 Å². The Labute approximate surface area is 107 Å². The van der Waals surface area contributed by atoms with Crippen molar-refractivity contribution in [3.63, 3.8) is 0 Å². The Morgan fingerprint density at radius 3 is 2.50 bits per heavy atom. The summed E-state index contributed by atoms with van der Waals surface area (Å²) in [4.78, 5) is 12.4. The Morgan fingerprint density at radius 1 is 1.39 bits per heavy atom. The van der Waals surface area contributed by atoms with Crippen LogP contribution in [0.1, 0.15) is 13.8 Å². The van der Waals surface area contributed by atoms with Gasteiger partial charge in [0.25, 0.3) is 5.69 Å². The van der Waals surface area contributed by atoms with Gasteiger partial charge in [0, 0.05) is 35.6 Å². The highest BCUT2D eigenvalue weighted by molar-refractivity contribution is 5.61. The van der Waals surface area contributed by atoms with Crippen molar-refractivity contribution in [2.45, 2.75) is 19.4 Å². The molecule has 3 N–H and O–H groups in total. The minimum Gasteiger partial charge on any atom is -0.398 e. The Kier molecular flexibility index (Phi) is 4.13. The first-order valence-corrected chi connectivity index (χ1v) is 5.68. The van der Waals surface area contributed by atoms with Gasteiger partial charge in [0.05, 0.1) is 4.92 Å². The molecule has 0 spiro atoms. The van der Waals surface area contributed by atoms with Gasteiger partial charge in [0.2, 0.25) is 0 Å². The van der Waals surface area contributed by atoms with Crippen molar-refractivity contribution in [3.05, 3.63) is 28.3 Å². The molecule has 1 rings (SSSR count). The van der Waals surface area contributed by atoms with Crippen molar-refractivity contribution in [1.29, 1.82) is 0 Å². The van der Waals surface area contributed by atoms with Gasteiger partial charge in [-0.25, -0.2) is 0 Å². The number of nitro benzene ring substituents is 1. The summed E-state index contributed by atoms with van der Waals surface area (Å²) >= 11 is 0. The fourth-order valence-corrected chi connectivity index (χ4v) is 1.32. The fraction of sp³-hybridized carbons (Fsp3) is 0.500. The molecule has 100 valence electrons. The van der Waals surface area contributed by atoms with Gasteiger partial charge in [0.1, 0.15) is 0 Å². The number of nitrogens with one attached hydrogen (secondary N) is 1. The number of anilines is 2. The molecule has 0 saturated heterocycles. The van der Waals surface area contributed by atoms with Crippen molar-refractivity contribution in [3.8, 4) is 0 Å². The molecule has 0 aliphatic rings. The van der Waals surface area contributed by atoms with E-state index in [9.17, 15) is 10.1 Å². The molecule has 0 saturated carbocycles. The summed E-state index contributed by atoms with van der Waals surface area (Å²) in [6.45, 7) is 4.84. The first-order chi connectivity index (χ1) is 8.22. The van der Waals surface area contributed by atoms with E-state index in [0.29, 0.717) is 17.9 Å². The number of hydrogen-bond acceptors (Lipinski definition) is 5. The van der Waals surface area contributed by atoms with Crippen LogP contribution in [0, 0.1) is 10.1 Å². The van der Waals surface area contributed by atoms with Crippen LogP contribution < -0.4 is 11.1 Å². The van der Waals surface area contributed by atoms with Crippen molar-refractivity contribution in [2.75, 3.05) is 31.7 Å². The summed E-state index contributed by atoms with van der Waals surface area (Å²) in [5, 5.41) is 13.9. The maximum absolute atomic E-state index is 10.7. The van der Waals surface area contributed by atoms with Gasteiger partial charge < -0.3 is 16.0 Å². The van der Waals surface area contributed by atoms with Crippen LogP contribution in [0.25, 0.3) is 0 Å². The zero-order valence-electron chi connectivity index (χ0n) is 11.2. The van der Waals surface area contributed by atoms with Gasteiger partial charge in [-0.1, -0.05) is 0 Å². The number of nitrogens with two attached hydrogens (primary N) is 1. The molecule has 1 aromatic carbocycles. The highest BCUT2D eigenvalue weighted by Gasteiger charge is 2.20. The third kappa shape index (κ3) is 3.59. The van der Waals surface area contributed by atoms with Crippen LogP contribution >= 0.6 is 0 Å². The van der Waals surface area contributed by atoms with Gasteiger partial charge in [-0.05, 0) is 34.0 Å². The molecule has 0 bridgehead atoms. The maximum Gasteiger partial charge on any atom is 0.273 e. The van der Waals surface area contributed by atoms with Gasteiger partial charge in [-0.3, -0.25) is 10.1 Å². The van der Waals surface area contributed by atoms with Crippen LogP contribution in [0.2, 0.25) is 0 Å². The number of non-ortho nitro benzene ring substituents is 1. The second-order valence-electron chi connectivity index (χ2n) is 5.13. The van der Waals surface area contributed by atoms with E-state index in [2.05, 4.69) is 24.1 Å². The number of nitro groups is 1. The highest BCUT2D eigenvalue weighted by Crippen LogP contribution is 2.23. The molecule has 0 fully saturated rings. The van der Waals surface area contributed by atoms with Crippen LogP contribution in [0.5, 0.6) is 0 Å². The molecular formula is C12H20N4O2. The second kappa shape index (κ2) is 5.22. The number of likely N-dealkylation sites (N-methyl/N-ethyl adjacent to an activating group) is 1. The van der Waals surface area contributed by atoms with E-state index in [-0.39, 0.29) is 11.2 Å². The number of nitrogen functional groups attached to an aromatic ring is 1. The van der Waals surface area contributed by atoms with Crippen molar-refractivity contribution < 1.29 is 4.92 Å². The summed E-state index contributed by atoms with van der Waals surface area (Å²) in [5.41, 5.74) is 6.63. The lowest BCUT2D eigenvalue weighted by Crippen LogP contribution is -2.44.